The Labute approximate surface area is 182 Å². The lowest BCUT2D eigenvalue weighted by molar-refractivity contribution is -0.0390. The Morgan fingerprint density at radius 1 is 1.07 bits per heavy atom. The Morgan fingerprint density at radius 2 is 1.77 bits per heavy atom. The number of aliphatic imine (C=N–C) groups is 1. The molecule has 0 spiro atoms. The second-order valence-corrected chi connectivity index (χ2v) is 8.67. The van der Waals surface area contributed by atoms with Crippen LogP contribution in [0.4, 0.5) is 0 Å². The van der Waals surface area contributed by atoms with Gasteiger partial charge in [-0.2, -0.15) is 0 Å². The molecular formula is C24H40N4O2. The topological polar surface area (TPSA) is 58.1 Å². The zero-order valence-corrected chi connectivity index (χ0v) is 18.9. The summed E-state index contributed by atoms with van der Waals surface area (Å²) in [4.78, 5) is 6.94. The lowest BCUT2D eigenvalue weighted by Crippen LogP contribution is -2.39. The number of nitrogens with zero attached hydrogens (tertiary/aromatic N) is 2. The molecule has 0 atom stereocenters. The Kier molecular flexibility index (Phi) is 9.93. The predicted octanol–water partition coefficient (Wildman–Crippen LogP) is 3.17. The van der Waals surface area contributed by atoms with E-state index in [0.717, 1.165) is 57.4 Å². The summed E-state index contributed by atoms with van der Waals surface area (Å²) in [5.41, 5.74) is 2.47. The van der Waals surface area contributed by atoms with E-state index in [2.05, 4.69) is 51.7 Å². The number of nitrogens with one attached hydrogen (secondary N) is 2. The van der Waals surface area contributed by atoms with Gasteiger partial charge in [-0.25, -0.2) is 0 Å². The number of benzene rings is 1. The van der Waals surface area contributed by atoms with Crippen LogP contribution < -0.4 is 10.6 Å². The van der Waals surface area contributed by atoms with E-state index in [1.165, 1.54) is 43.6 Å². The largest absolute Gasteiger partial charge is 0.381 e. The molecule has 168 valence electrons. The third-order valence-electron chi connectivity index (χ3n) is 6.18. The molecule has 1 aromatic rings. The highest BCUT2D eigenvalue weighted by atomic mass is 16.5. The molecule has 0 radical (unpaired) electrons. The summed E-state index contributed by atoms with van der Waals surface area (Å²) < 4.78 is 11.4. The molecule has 2 aliphatic heterocycles. The van der Waals surface area contributed by atoms with Gasteiger partial charge in [0.15, 0.2) is 5.96 Å². The molecule has 0 aromatic heterocycles. The molecular weight excluding hydrogens is 376 g/mol. The van der Waals surface area contributed by atoms with E-state index in [1.807, 2.05) is 7.05 Å². The summed E-state index contributed by atoms with van der Waals surface area (Å²) in [7, 11) is 1.83. The number of guanidine groups is 1. The summed E-state index contributed by atoms with van der Waals surface area (Å²) >= 11 is 0. The van der Waals surface area contributed by atoms with Gasteiger partial charge in [-0.15, -0.1) is 0 Å². The molecule has 2 fully saturated rings. The van der Waals surface area contributed by atoms with Crippen molar-refractivity contribution in [2.24, 2.45) is 10.9 Å². The average molecular weight is 417 g/mol. The van der Waals surface area contributed by atoms with Crippen LogP contribution in [0.1, 0.15) is 50.2 Å². The van der Waals surface area contributed by atoms with E-state index in [4.69, 9.17) is 9.47 Å². The van der Waals surface area contributed by atoms with Gasteiger partial charge < -0.3 is 25.0 Å². The first-order valence-electron chi connectivity index (χ1n) is 11.7. The standard InChI is InChI=1S/C24H40N4O2/c1-20-8-14-28(15-9-20)13-3-12-26-24(25-2)27-18-21-4-6-22(7-5-21)19-30-23-10-16-29-17-11-23/h4-7,20,23H,3,8-19H2,1-2H3,(H2,25,26,27). The number of hydrogen-bond donors (Lipinski definition) is 2. The van der Waals surface area contributed by atoms with Gasteiger partial charge in [0.25, 0.3) is 0 Å². The van der Waals surface area contributed by atoms with Crippen LogP contribution >= 0.6 is 0 Å². The fourth-order valence-corrected chi connectivity index (χ4v) is 4.01. The van der Waals surface area contributed by atoms with Crippen molar-refractivity contribution >= 4 is 5.96 Å². The minimum atomic E-state index is 0.341. The Bertz CT molecular complexity index is 621. The summed E-state index contributed by atoms with van der Waals surface area (Å²) in [5.74, 6) is 1.77. The Morgan fingerprint density at radius 3 is 2.47 bits per heavy atom. The second kappa shape index (κ2) is 12.9. The maximum absolute atomic E-state index is 6.00. The highest BCUT2D eigenvalue weighted by Crippen LogP contribution is 2.16. The first kappa shape index (κ1) is 23.0. The van der Waals surface area contributed by atoms with Crippen molar-refractivity contribution in [1.82, 2.24) is 15.5 Å². The van der Waals surface area contributed by atoms with Gasteiger partial charge in [0.1, 0.15) is 0 Å². The molecule has 2 N–H and O–H groups in total. The minimum absolute atomic E-state index is 0.341. The maximum Gasteiger partial charge on any atom is 0.191 e. The van der Waals surface area contributed by atoms with Crippen LogP contribution in [0.5, 0.6) is 0 Å². The number of rotatable bonds is 9. The molecule has 30 heavy (non-hydrogen) atoms. The van der Waals surface area contributed by atoms with Crippen molar-refractivity contribution in [3.05, 3.63) is 35.4 Å². The van der Waals surface area contributed by atoms with Gasteiger partial charge in [-0.1, -0.05) is 31.2 Å². The van der Waals surface area contributed by atoms with Crippen LogP contribution in [0.15, 0.2) is 29.3 Å². The molecule has 2 heterocycles. The third-order valence-corrected chi connectivity index (χ3v) is 6.18. The molecule has 3 rings (SSSR count). The molecule has 0 bridgehead atoms. The van der Waals surface area contributed by atoms with Crippen LogP contribution in [0.2, 0.25) is 0 Å². The van der Waals surface area contributed by atoms with Gasteiger partial charge in [-0.05, 0) is 68.8 Å². The number of ether oxygens (including phenoxy) is 2. The van der Waals surface area contributed by atoms with Gasteiger partial charge in [-0.3, -0.25) is 4.99 Å². The highest BCUT2D eigenvalue weighted by molar-refractivity contribution is 5.79. The minimum Gasteiger partial charge on any atom is -0.381 e. The first-order valence-corrected chi connectivity index (χ1v) is 11.7. The Hall–Kier alpha value is -1.63. The van der Waals surface area contributed by atoms with Gasteiger partial charge >= 0.3 is 0 Å². The highest BCUT2D eigenvalue weighted by Gasteiger charge is 2.15. The molecule has 0 unspecified atom stereocenters. The molecule has 6 heteroatoms. The number of hydrogen-bond acceptors (Lipinski definition) is 4. The van der Waals surface area contributed by atoms with E-state index in [9.17, 15) is 0 Å². The zero-order valence-electron chi connectivity index (χ0n) is 18.9. The molecule has 0 amide bonds. The van der Waals surface area contributed by atoms with Crippen molar-refractivity contribution < 1.29 is 9.47 Å². The zero-order chi connectivity index (χ0) is 21.0. The molecule has 0 saturated carbocycles. The monoisotopic (exact) mass is 416 g/mol. The fourth-order valence-electron chi connectivity index (χ4n) is 4.01. The molecule has 6 nitrogen and oxygen atoms in total. The molecule has 0 aliphatic carbocycles. The van der Waals surface area contributed by atoms with Crippen molar-refractivity contribution in [3.63, 3.8) is 0 Å². The SMILES string of the molecule is CN=C(NCCCN1CCC(C)CC1)NCc1ccc(COC2CCOCC2)cc1. The van der Waals surface area contributed by atoms with E-state index in [-0.39, 0.29) is 0 Å². The molecule has 1 aromatic carbocycles. The van der Waals surface area contributed by atoms with E-state index in [1.54, 1.807) is 0 Å². The molecule has 2 aliphatic rings. The normalized spacial score (nSPS) is 19.7. The van der Waals surface area contributed by atoms with Crippen molar-refractivity contribution in [3.8, 4) is 0 Å². The van der Waals surface area contributed by atoms with Crippen LogP contribution in [0.25, 0.3) is 0 Å². The van der Waals surface area contributed by atoms with Gasteiger partial charge in [0.2, 0.25) is 0 Å². The van der Waals surface area contributed by atoms with Crippen LogP contribution in [-0.4, -0.2) is 63.4 Å². The summed E-state index contributed by atoms with van der Waals surface area (Å²) in [5, 5.41) is 6.85. The van der Waals surface area contributed by atoms with Crippen LogP contribution in [-0.2, 0) is 22.6 Å². The first-order chi connectivity index (χ1) is 14.7. The van der Waals surface area contributed by atoms with Gasteiger partial charge in [0, 0.05) is 33.4 Å². The average Bonchev–Trinajstić information content (AvgIpc) is 2.80. The number of piperidine rings is 1. The summed E-state index contributed by atoms with van der Waals surface area (Å²) in [6, 6.07) is 8.65. The quantitative estimate of drug-likeness (QED) is 0.368. The van der Waals surface area contributed by atoms with Crippen molar-refractivity contribution in [2.45, 2.75) is 58.3 Å². The van der Waals surface area contributed by atoms with E-state index in [0.29, 0.717) is 12.7 Å². The smallest absolute Gasteiger partial charge is 0.191 e. The van der Waals surface area contributed by atoms with Crippen molar-refractivity contribution in [1.29, 1.82) is 0 Å². The van der Waals surface area contributed by atoms with Gasteiger partial charge in [0.05, 0.1) is 12.7 Å². The maximum atomic E-state index is 6.00. The van der Waals surface area contributed by atoms with E-state index < -0.39 is 0 Å². The van der Waals surface area contributed by atoms with Crippen molar-refractivity contribution in [2.75, 3.05) is 46.4 Å². The summed E-state index contributed by atoms with van der Waals surface area (Å²) in [6.45, 7) is 10.1. The van der Waals surface area contributed by atoms with E-state index >= 15 is 0 Å². The number of likely N-dealkylation sites (tertiary alicyclic amines) is 1. The predicted molar refractivity (Wildman–Crippen MR) is 123 cm³/mol. The fraction of sp³-hybridized carbons (Fsp3) is 0.708. The third kappa shape index (κ3) is 8.25. The Balaban J connectivity index is 1.29. The summed E-state index contributed by atoms with van der Waals surface area (Å²) in [6.07, 6.45) is 6.19. The molecule has 2 saturated heterocycles. The van der Waals surface area contributed by atoms with Crippen LogP contribution in [0.3, 0.4) is 0 Å². The lowest BCUT2D eigenvalue weighted by atomic mass is 9.99. The lowest BCUT2D eigenvalue weighted by Gasteiger charge is -2.30. The second-order valence-electron chi connectivity index (χ2n) is 8.67. The van der Waals surface area contributed by atoms with Crippen LogP contribution in [0, 0.1) is 5.92 Å².